The molecule has 100 valence electrons. The molecule has 20 heavy (non-hydrogen) atoms. The van der Waals surface area contributed by atoms with E-state index < -0.39 is 5.56 Å². The van der Waals surface area contributed by atoms with Gasteiger partial charge in [-0.2, -0.15) is 10.4 Å². The lowest BCUT2D eigenvalue weighted by atomic mass is 10.1. The molecule has 0 aliphatic heterocycles. The van der Waals surface area contributed by atoms with Crippen molar-refractivity contribution in [3.8, 4) is 6.07 Å². The highest BCUT2D eigenvalue weighted by Gasteiger charge is 2.08. The molecule has 0 spiro atoms. The predicted octanol–water partition coefficient (Wildman–Crippen LogP) is 2.98. The van der Waals surface area contributed by atoms with E-state index in [1.165, 1.54) is 4.68 Å². The van der Waals surface area contributed by atoms with Crippen LogP contribution in [0.5, 0.6) is 0 Å². The molecule has 1 aromatic carbocycles. The molecule has 0 N–H and O–H groups in total. The van der Waals surface area contributed by atoms with Crippen molar-refractivity contribution in [1.82, 2.24) is 4.68 Å². The molecule has 0 aliphatic carbocycles. The van der Waals surface area contributed by atoms with Gasteiger partial charge in [0.2, 0.25) is 0 Å². The first kappa shape index (κ1) is 14.2. The lowest BCUT2D eigenvalue weighted by Crippen LogP contribution is -2.22. The molecular weight excluding hydrogens is 318 g/mol. The molecule has 0 saturated heterocycles. The summed E-state index contributed by atoms with van der Waals surface area (Å²) in [6, 6.07) is 11.3. The Labute approximate surface area is 125 Å². The maximum atomic E-state index is 12.2. The second kappa shape index (κ2) is 5.85. The lowest BCUT2D eigenvalue weighted by Gasteiger charge is -2.06. The number of nitrogens with zero attached hydrogens (tertiary/aromatic N) is 3. The monoisotopic (exact) mass is 329 g/mol. The van der Waals surface area contributed by atoms with Crippen LogP contribution in [-0.2, 0) is 0 Å². The number of hydrogen-bond acceptors (Lipinski definition) is 3. The number of benzene rings is 1. The highest BCUT2D eigenvalue weighted by molar-refractivity contribution is 9.10. The number of pyridine rings is 1. The molecule has 2 aromatic rings. The highest BCUT2D eigenvalue weighted by atomic mass is 79.9. The summed E-state index contributed by atoms with van der Waals surface area (Å²) in [6.45, 7) is 3.53. The van der Waals surface area contributed by atoms with E-state index in [2.05, 4.69) is 21.0 Å². The van der Waals surface area contributed by atoms with Gasteiger partial charge in [0.1, 0.15) is 11.6 Å². The summed E-state index contributed by atoms with van der Waals surface area (Å²) in [5.41, 5.74) is 1.95. The van der Waals surface area contributed by atoms with E-state index in [-0.39, 0.29) is 5.56 Å². The molecule has 0 aliphatic rings. The van der Waals surface area contributed by atoms with Crippen LogP contribution in [0.4, 0.5) is 0 Å². The Kier molecular flexibility index (Phi) is 4.16. The van der Waals surface area contributed by atoms with Crippen LogP contribution in [0.15, 0.2) is 44.7 Å². The Balaban J connectivity index is 2.53. The third kappa shape index (κ3) is 2.70. The van der Waals surface area contributed by atoms with E-state index in [4.69, 9.17) is 5.26 Å². The van der Waals surface area contributed by atoms with Gasteiger partial charge in [-0.25, -0.2) is 4.68 Å². The predicted molar refractivity (Wildman–Crippen MR) is 82.0 cm³/mol. The minimum absolute atomic E-state index is 0.125. The van der Waals surface area contributed by atoms with Crippen LogP contribution < -0.4 is 5.56 Å². The minimum atomic E-state index is -0.395. The summed E-state index contributed by atoms with van der Waals surface area (Å²) in [4.78, 5) is 12.2. The van der Waals surface area contributed by atoms with Gasteiger partial charge in [0.15, 0.2) is 0 Å². The zero-order chi connectivity index (χ0) is 14.7. The van der Waals surface area contributed by atoms with Crippen molar-refractivity contribution < 1.29 is 0 Å². The third-order valence-electron chi connectivity index (χ3n) is 2.89. The Bertz CT molecular complexity index is 785. The van der Waals surface area contributed by atoms with Gasteiger partial charge in [0.05, 0.1) is 6.21 Å². The molecule has 0 saturated carbocycles. The summed E-state index contributed by atoms with van der Waals surface area (Å²) in [7, 11) is 0. The number of nitriles is 1. The Morgan fingerprint density at radius 1 is 1.35 bits per heavy atom. The number of rotatable bonds is 2. The van der Waals surface area contributed by atoms with E-state index in [9.17, 15) is 4.79 Å². The van der Waals surface area contributed by atoms with Crippen LogP contribution in [0.1, 0.15) is 22.4 Å². The molecule has 5 heteroatoms. The van der Waals surface area contributed by atoms with Crippen molar-refractivity contribution in [1.29, 1.82) is 5.26 Å². The Morgan fingerprint density at radius 3 is 2.70 bits per heavy atom. The maximum Gasteiger partial charge on any atom is 0.289 e. The quantitative estimate of drug-likeness (QED) is 0.795. The number of halogens is 1. The summed E-state index contributed by atoms with van der Waals surface area (Å²) in [5.74, 6) is 0. The van der Waals surface area contributed by atoms with E-state index in [1.54, 1.807) is 26.1 Å². The smallest absolute Gasteiger partial charge is 0.266 e. The fourth-order valence-electron chi connectivity index (χ4n) is 1.86. The first-order chi connectivity index (χ1) is 9.54. The SMILES string of the molecule is Cc1cc(C)n(/N=C\c2ccccc2Br)c(=O)c1C#N. The van der Waals surface area contributed by atoms with Crippen LogP contribution >= 0.6 is 15.9 Å². The largest absolute Gasteiger partial charge is 0.289 e. The molecule has 0 unspecified atom stereocenters. The van der Waals surface area contributed by atoms with Crippen LogP contribution in [0.3, 0.4) is 0 Å². The van der Waals surface area contributed by atoms with Gasteiger partial charge in [-0.1, -0.05) is 34.1 Å². The van der Waals surface area contributed by atoms with Crippen LogP contribution in [0.25, 0.3) is 0 Å². The van der Waals surface area contributed by atoms with Gasteiger partial charge in [-0.05, 0) is 31.5 Å². The molecule has 1 aromatic heterocycles. The molecule has 4 nitrogen and oxygen atoms in total. The lowest BCUT2D eigenvalue weighted by molar-refractivity contribution is 0.786. The third-order valence-corrected chi connectivity index (χ3v) is 3.61. The average Bonchev–Trinajstić information content (AvgIpc) is 2.40. The van der Waals surface area contributed by atoms with Crippen molar-refractivity contribution in [2.75, 3.05) is 0 Å². The van der Waals surface area contributed by atoms with Crippen molar-refractivity contribution in [3.63, 3.8) is 0 Å². The van der Waals surface area contributed by atoms with E-state index >= 15 is 0 Å². The van der Waals surface area contributed by atoms with Gasteiger partial charge in [-0.15, -0.1) is 0 Å². The zero-order valence-corrected chi connectivity index (χ0v) is 12.7. The fraction of sp³-hybridized carbons (Fsp3) is 0.133. The second-order valence-corrected chi connectivity index (χ2v) is 5.19. The summed E-state index contributed by atoms with van der Waals surface area (Å²) < 4.78 is 2.13. The molecule has 0 radical (unpaired) electrons. The number of aryl methyl sites for hydroxylation is 2. The molecule has 0 bridgehead atoms. The average molecular weight is 330 g/mol. The number of aromatic nitrogens is 1. The van der Waals surface area contributed by atoms with E-state index in [1.807, 2.05) is 30.3 Å². The molecule has 1 heterocycles. The number of hydrogen-bond donors (Lipinski definition) is 0. The highest BCUT2D eigenvalue weighted by Crippen LogP contribution is 2.13. The molecular formula is C15H12BrN3O. The van der Waals surface area contributed by atoms with Crippen molar-refractivity contribution in [3.05, 3.63) is 67.5 Å². The van der Waals surface area contributed by atoms with Gasteiger partial charge < -0.3 is 0 Å². The van der Waals surface area contributed by atoms with Gasteiger partial charge in [0, 0.05) is 15.7 Å². The van der Waals surface area contributed by atoms with Gasteiger partial charge in [0.25, 0.3) is 5.56 Å². The molecule has 0 amide bonds. The molecule has 2 rings (SSSR count). The Hall–Kier alpha value is -2.19. The van der Waals surface area contributed by atoms with Crippen molar-refractivity contribution in [2.24, 2.45) is 5.10 Å². The molecule has 0 atom stereocenters. The van der Waals surface area contributed by atoms with Gasteiger partial charge >= 0.3 is 0 Å². The normalized spacial score (nSPS) is 10.7. The molecule has 0 fully saturated rings. The maximum absolute atomic E-state index is 12.2. The second-order valence-electron chi connectivity index (χ2n) is 4.34. The van der Waals surface area contributed by atoms with Crippen LogP contribution in [0.2, 0.25) is 0 Å². The van der Waals surface area contributed by atoms with Gasteiger partial charge in [-0.3, -0.25) is 4.79 Å². The summed E-state index contributed by atoms with van der Waals surface area (Å²) >= 11 is 3.42. The van der Waals surface area contributed by atoms with Crippen LogP contribution in [-0.4, -0.2) is 10.9 Å². The van der Waals surface area contributed by atoms with Crippen molar-refractivity contribution in [2.45, 2.75) is 13.8 Å². The van der Waals surface area contributed by atoms with E-state index in [0.29, 0.717) is 11.3 Å². The standard InChI is InChI=1S/C15H12BrN3O/c1-10-7-11(2)19(15(20)13(10)8-17)18-9-12-5-3-4-6-14(12)16/h3-7,9H,1-2H3/b18-9-. The first-order valence-electron chi connectivity index (χ1n) is 5.97. The van der Waals surface area contributed by atoms with Crippen LogP contribution in [0, 0.1) is 25.2 Å². The fourth-order valence-corrected chi connectivity index (χ4v) is 2.25. The zero-order valence-electron chi connectivity index (χ0n) is 11.1. The van der Waals surface area contributed by atoms with E-state index in [0.717, 1.165) is 10.0 Å². The summed E-state index contributed by atoms with van der Waals surface area (Å²) in [6.07, 6.45) is 1.59. The minimum Gasteiger partial charge on any atom is -0.266 e. The Morgan fingerprint density at radius 2 is 2.05 bits per heavy atom. The van der Waals surface area contributed by atoms with Crippen molar-refractivity contribution >= 4 is 22.1 Å². The topological polar surface area (TPSA) is 58.1 Å². The summed E-state index contributed by atoms with van der Waals surface area (Å²) in [5, 5.41) is 13.2. The first-order valence-corrected chi connectivity index (χ1v) is 6.76.